The number of halogens is 3. The molecule has 0 aromatic heterocycles. The first kappa shape index (κ1) is 10.8. The first-order valence-electron chi connectivity index (χ1n) is 2.62. The summed E-state index contributed by atoms with van der Waals surface area (Å²) < 4.78 is 8.29. The first-order valence-corrected chi connectivity index (χ1v) is 3.75. The zero-order valence-corrected chi connectivity index (χ0v) is 8.00. The lowest BCUT2D eigenvalue weighted by Gasteiger charge is -2.17. The fraction of sp³-hybridized carbons (Fsp3) is 1.00. The van der Waals surface area contributed by atoms with Crippen LogP contribution in [0, 0.1) is 0 Å². The van der Waals surface area contributed by atoms with E-state index in [1.165, 1.54) is 14.2 Å². The largest absolute Gasteiger partial charge is 0.356 e. The van der Waals surface area contributed by atoms with E-state index in [0.29, 0.717) is 0 Å². The number of ether oxygens (including phenoxy) is 2. The van der Waals surface area contributed by atoms with Crippen LogP contribution in [0.1, 0.15) is 6.42 Å². The van der Waals surface area contributed by atoms with Crippen LogP contribution >= 0.6 is 34.8 Å². The van der Waals surface area contributed by atoms with Gasteiger partial charge in [-0.2, -0.15) is 0 Å². The average Bonchev–Trinajstić information content (AvgIpc) is 1.81. The molecule has 0 heterocycles. The molecule has 5 heteroatoms. The van der Waals surface area contributed by atoms with Gasteiger partial charge in [0.25, 0.3) is 0 Å². The van der Waals surface area contributed by atoms with Crippen molar-refractivity contribution in [2.75, 3.05) is 14.2 Å². The molecule has 0 bridgehead atoms. The summed E-state index contributed by atoms with van der Waals surface area (Å²) >= 11 is 16.4. The Bertz CT molecular complexity index is 87.4. The van der Waals surface area contributed by atoms with Crippen molar-refractivity contribution >= 4 is 34.8 Å². The maximum absolute atomic E-state index is 5.46. The highest BCUT2D eigenvalue weighted by atomic mass is 35.6. The lowest BCUT2D eigenvalue weighted by atomic mass is 10.5. The zero-order valence-electron chi connectivity index (χ0n) is 5.73. The molecule has 0 saturated heterocycles. The Morgan fingerprint density at radius 2 is 1.60 bits per heavy atom. The summed E-state index contributed by atoms with van der Waals surface area (Å²) in [5.41, 5.74) is 0. The van der Waals surface area contributed by atoms with Crippen LogP contribution in [0.2, 0.25) is 0 Å². The van der Waals surface area contributed by atoms with E-state index in [1.807, 2.05) is 0 Å². The number of hydrogen-bond acceptors (Lipinski definition) is 2. The van der Waals surface area contributed by atoms with Crippen molar-refractivity contribution in [3.8, 4) is 0 Å². The maximum atomic E-state index is 5.46. The van der Waals surface area contributed by atoms with Crippen molar-refractivity contribution < 1.29 is 9.47 Å². The molecule has 0 aliphatic carbocycles. The van der Waals surface area contributed by atoms with E-state index in [4.69, 9.17) is 44.3 Å². The third-order valence-corrected chi connectivity index (χ3v) is 1.39. The molecule has 0 aliphatic rings. The predicted molar refractivity (Wildman–Crippen MR) is 42.7 cm³/mol. The molecule has 0 amide bonds. The fourth-order valence-electron chi connectivity index (χ4n) is 0.452. The number of methoxy groups -OCH3 is 2. The summed E-state index contributed by atoms with van der Waals surface area (Å²) in [6, 6.07) is 0. The van der Waals surface area contributed by atoms with Gasteiger partial charge >= 0.3 is 0 Å². The quantitative estimate of drug-likeness (QED) is 0.522. The fourth-order valence-corrected chi connectivity index (χ4v) is 0.830. The van der Waals surface area contributed by atoms with Gasteiger partial charge in [-0.1, -0.05) is 34.8 Å². The summed E-state index contributed by atoms with van der Waals surface area (Å²) in [5, 5.41) is 0. The Morgan fingerprint density at radius 1 is 1.20 bits per heavy atom. The Morgan fingerprint density at radius 3 is 1.70 bits per heavy atom. The van der Waals surface area contributed by atoms with Gasteiger partial charge in [-0.15, -0.1) is 0 Å². The smallest absolute Gasteiger partial charge is 0.195 e. The van der Waals surface area contributed by atoms with Crippen molar-refractivity contribution in [2.24, 2.45) is 0 Å². The van der Waals surface area contributed by atoms with Crippen LogP contribution in [0.4, 0.5) is 0 Å². The average molecular weight is 207 g/mol. The topological polar surface area (TPSA) is 18.5 Å². The number of hydrogen-bond donors (Lipinski definition) is 0. The summed E-state index contributed by atoms with van der Waals surface area (Å²) in [4.78, 5) is 0. The normalized spacial score (nSPS) is 12.6. The standard InChI is InChI=1S/C5H9Cl3O2/c1-9-4(10-2)3-5(6,7)8/h4H,3H2,1-2H3. The second-order valence-corrected chi connectivity index (χ2v) is 4.24. The molecular weight excluding hydrogens is 198 g/mol. The first-order chi connectivity index (χ1) is 4.49. The van der Waals surface area contributed by atoms with Crippen molar-refractivity contribution in [2.45, 2.75) is 16.5 Å². The Kier molecular flexibility index (Phi) is 4.99. The molecule has 0 aromatic carbocycles. The summed E-state index contributed by atoms with van der Waals surface area (Å²) in [6.45, 7) is 0. The molecule has 2 nitrogen and oxygen atoms in total. The predicted octanol–water partition coefficient (Wildman–Crippen LogP) is 2.37. The molecule has 0 N–H and O–H groups in total. The minimum atomic E-state index is -1.31. The minimum Gasteiger partial charge on any atom is -0.356 e. The van der Waals surface area contributed by atoms with Gasteiger partial charge in [-0.25, -0.2) is 0 Å². The summed E-state index contributed by atoms with van der Waals surface area (Å²) in [6.07, 6.45) is -0.225. The molecule has 0 spiro atoms. The third-order valence-electron chi connectivity index (χ3n) is 0.924. The molecule has 0 fully saturated rings. The van der Waals surface area contributed by atoms with Gasteiger partial charge in [-0.05, 0) is 0 Å². The van der Waals surface area contributed by atoms with Crippen LogP contribution in [0.3, 0.4) is 0 Å². The van der Waals surface area contributed by atoms with Crippen molar-refractivity contribution in [3.63, 3.8) is 0 Å². The molecule has 0 saturated carbocycles. The third kappa shape index (κ3) is 5.57. The monoisotopic (exact) mass is 206 g/mol. The minimum absolute atomic E-state index is 0.227. The van der Waals surface area contributed by atoms with Crippen molar-refractivity contribution in [3.05, 3.63) is 0 Å². The number of rotatable bonds is 3. The molecule has 0 unspecified atom stereocenters. The maximum Gasteiger partial charge on any atom is 0.195 e. The summed E-state index contributed by atoms with van der Waals surface area (Å²) in [5.74, 6) is 0. The highest BCUT2D eigenvalue weighted by Gasteiger charge is 2.25. The number of alkyl halides is 3. The highest BCUT2D eigenvalue weighted by molar-refractivity contribution is 6.67. The lowest BCUT2D eigenvalue weighted by molar-refractivity contribution is -0.105. The molecule has 0 atom stereocenters. The van der Waals surface area contributed by atoms with Gasteiger partial charge < -0.3 is 9.47 Å². The summed E-state index contributed by atoms with van der Waals surface area (Å²) in [7, 11) is 2.98. The van der Waals surface area contributed by atoms with Crippen LogP contribution in [0.5, 0.6) is 0 Å². The van der Waals surface area contributed by atoms with Crippen molar-refractivity contribution in [1.82, 2.24) is 0 Å². The van der Waals surface area contributed by atoms with E-state index in [1.54, 1.807) is 0 Å². The SMILES string of the molecule is COC(CC(Cl)(Cl)Cl)OC. The van der Waals surface area contributed by atoms with E-state index < -0.39 is 10.1 Å². The van der Waals surface area contributed by atoms with Crippen LogP contribution < -0.4 is 0 Å². The Labute approximate surface area is 75.3 Å². The van der Waals surface area contributed by atoms with Gasteiger partial charge in [0, 0.05) is 20.6 Å². The van der Waals surface area contributed by atoms with Crippen molar-refractivity contribution in [1.29, 1.82) is 0 Å². The molecule has 62 valence electrons. The lowest BCUT2D eigenvalue weighted by Crippen LogP contribution is -2.20. The van der Waals surface area contributed by atoms with Crippen LogP contribution in [-0.2, 0) is 9.47 Å². The van der Waals surface area contributed by atoms with Crippen LogP contribution in [0.15, 0.2) is 0 Å². The van der Waals surface area contributed by atoms with E-state index in [0.717, 1.165) is 0 Å². The van der Waals surface area contributed by atoms with E-state index in [2.05, 4.69) is 0 Å². The van der Waals surface area contributed by atoms with E-state index >= 15 is 0 Å². The van der Waals surface area contributed by atoms with Crippen LogP contribution in [-0.4, -0.2) is 24.3 Å². The van der Waals surface area contributed by atoms with Gasteiger partial charge in [0.05, 0.1) is 0 Å². The van der Waals surface area contributed by atoms with Gasteiger partial charge in [0.1, 0.15) is 0 Å². The molecule has 10 heavy (non-hydrogen) atoms. The molecule has 0 aromatic rings. The van der Waals surface area contributed by atoms with E-state index in [9.17, 15) is 0 Å². The zero-order chi connectivity index (χ0) is 8.20. The Balaban J connectivity index is 3.63. The van der Waals surface area contributed by atoms with Gasteiger partial charge in [0.2, 0.25) is 0 Å². The van der Waals surface area contributed by atoms with Gasteiger partial charge in [-0.3, -0.25) is 0 Å². The highest BCUT2D eigenvalue weighted by Crippen LogP contribution is 2.31. The van der Waals surface area contributed by atoms with Crippen LogP contribution in [0.25, 0.3) is 0 Å². The van der Waals surface area contributed by atoms with E-state index in [-0.39, 0.29) is 6.42 Å². The molecule has 0 rings (SSSR count). The molecule has 0 radical (unpaired) electrons. The second kappa shape index (κ2) is 4.62. The van der Waals surface area contributed by atoms with Gasteiger partial charge in [0.15, 0.2) is 10.1 Å². The Hall–Kier alpha value is 0.790. The molecule has 0 aliphatic heterocycles. The molecular formula is C5H9Cl3O2. The second-order valence-electron chi connectivity index (χ2n) is 1.72.